The molecule has 5 heteroatoms. The molecule has 0 saturated carbocycles. The third kappa shape index (κ3) is 5.21. The number of carbonyl (C=O) groups is 1. The van der Waals surface area contributed by atoms with Crippen molar-refractivity contribution in [1.29, 1.82) is 0 Å². The number of nitrogens with zero attached hydrogens (tertiary/aromatic N) is 1. The van der Waals surface area contributed by atoms with Crippen LogP contribution in [-0.4, -0.2) is 44.1 Å². The molecule has 0 spiro atoms. The van der Waals surface area contributed by atoms with Crippen LogP contribution in [0.5, 0.6) is 5.75 Å². The molecule has 1 aromatic rings. The molecule has 1 aliphatic heterocycles. The van der Waals surface area contributed by atoms with Crippen molar-refractivity contribution in [3.8, 4) is 5.75 Å². The zero-order valence-electron chi connectivity index (χ0n) is 12.5. The Morgan fingerprint density at radius 2 is 2.29 bits per heavy atom. The SMILES string of the molecule is CN(CCOc1ccccc1Cl)C(=O)CC1CCCNC1. The predicted octanol–water partition coefficient (Wildman–Crippen LogP) is 2.57. The number of hydrogen-bond donors (Lipinski definition) is 1. The minimum Gasteiger partial charge on any atom is -0.490 e. The highest BCUT2D eigenvalue weighted by Gasteiger charge is 2.18. The topological polar surface area (TPSA) is 41.6 Å². The van der Waals surface area contributed by atoms with Crippen molar-refractivity contribution in [1.82, 2.24) is 10.2 Å². The van der Waals surface area contributed by atoms with Crippen LogP contribution in [0.25, 0.3) is 0 Å². The number of para-hydroxylation sites is 1. The van der Waals surface area contributed by atoms with E-state index in [1.807, 2.05) is 25.2 Å². The van der Waals surface area contributed by atoms with E-state index in [4.69, 9.17) is 16.3 Å². The Kier molecular flexibility index (Phi) is 6.33. The minimum absolute atomic E-state index is 0.187. The molecule has 0 aliphatic carbocycles. The van der Waals surface area contributed by atoms with Crippen molar-refractivity contribution in [2.45, 2.75) is 19.3 Å². The lowest BCUT2D eigenvalue weighted by Crippen LogP contribution is -2.36. The van der Waals surface area contributed by atoms with Crippen molar-refractivity contribution in [2.24, 2.45) is 5.92 Å². The average Bonchev–Trinajstić information content (AvgIpc) is 2.50. The number of carbonyl (C=O) groups excluding carboxylic acids is 1. The lowest BCUT2D eigenvalue weighted by molar-refractivity contribution is -0.131. The van der Waals surface area contributed by atoms with Crippen LogP contribution in [0.15, 0.2) is 24.3 Å². The molecule has 21 heavy (non-hydrogen) atoms. The first-order chi connectivity index (χ1) is 10.2. The Bertz CT molecular complexity index is 461. The van der Waals surface area contributed by atoms with Crippen LogP contribution in [-0.2, 0) is 4.79 Å². The van der Waals surface area contributed by atoms with Crippen LogP contribution in [0.4, 0.5) is 0 Å². The summed E-state index contributed by atoms with van der Waals surface area (Å²) in [7, 11) is 1.83. The van der Waals surface area contributed by atoms with Gasteiger partial charge in [0.1, 0.15) is 12.4 Å². The average molecular weight is 311 g/mol. The normalized spacial score (nSPS) is 18.3. The van der Waals surface area contributed by atoms with Gasteiger partial charge in [-0.1, -0.05) is 23.7 Å². The molecule has 1 saturated heterocycles. The van der Waals surface area contributed by atoms with E-state index in [1.54, 1.807) is 11.0 Å². The van der Waals surface area contributed by atoms with Crippen LogP contribution in [0.1, 0.15) is 19.3 Å². The van der Waals surface area contributed by atoms with E-state index in [0.29, 0.717) is 36.3 Å². The minimum atomic E-state index is 0.187. The van der Waals surface area contributed by atoms with Crippen LogP contribution < -0.4 is 10.1 Å². The van der Waals surface area contributed by atoms with Crippen molar-refractivity contribution in [3.63, 3.8) is 0 Å². The fraction of sp³-hybridized carbons (Fsp3) is 0.562. The summed E-state index contributed by atoms with van der Waals surface area (Å²) in [5.74, 6) is 1.32. The number of ether oxygens (including phenoxy) is 1. The van der Waals surface area contributed by atoms with E-state index >= 15 is 0 Å². The Morgan fingerprint density at radius 3 is 3.00 bits per heavy atom. The van der Waals surface area contributed by atoms with E-state index in [-0.39, 0.29) is 5.91 Å². The third-order valence-corrected chi connectivity index (χ3v) is 4.12. The summed E-state index contributed by atoms with van der Waals surface area (Å²) in [5, 5.41) is 3.94. The monoisotopic (exact) mass is 310 g/mol. The predicted molar refractivity (Wildman–Crippen MR) is 84.8 cm³/mol. The number of halogens is 1. The maximum atomic E-state index is 12.1. The highest BCUT2D eigenvalue weighted by Crippen LogP contribution is 2.23. The van der Waals surface area contributed by atoms with Crippen LogP contribution in [0.2, 0.25) is 5.02 Å². The molecule has 1 unspecified atom stereocenters. The van der Waals surface area contributed by atoms with Gasteiger partial charge in [0.25, 0.3) is 0 Å². The Labute approximate surface area is 131 Å². The maximum absolute atomic E-state index is 12.1. The van der Waals surface area contributed by atoms with E-state index in [1.165, 1.54) is 0 Å². The molecule has 2 rings (SSSR count). The summed E-state index contributed by atoms with van der Waals surface area (Å²) in [5.41, 5.74) is 0. The lowest BCUT2D eigenvalue weighted by Gasteiger charge is -2.25. The second-order valence-electron chi connectivity index (χ2n) is 5.51. The molecule has 1 aliphatic rings. The quantitative estimate of drug-likeness (QED) is 0.878. The Hall–Kier alpha value is -1.26. The second-order valence-corrected chi connectivity index (χ2v) is 5.92. The summed E-state index contributed by atoms with van der Waals surface area (Å²) < 4.78 is 5.61. The lowest BCUT2D eigenvalue weighted by atomic mass is 9.96. The van der Waals surface area contributed by atoms with Gasteiger partial charge in [0, 0.05) is 13.5 Å². The van der Waals surface area contributed by atoms with Crippen LogP contribution >= 0.6 is 11.6 Å². The van der Waals surface area contributed by atoms with Gasteiger partial charge < -0.3 is 15.0 Å². The van der Waals surface area contributed by atoms with Crippen molar-refractivity contribution < 1.29 is 9.53 Å². The largest absolute Gasteiger partial charge is 0.490 e. The molecule has 1 N–H and O–H groups in total. The van der Waals surface area contributed by atoms with Gasteiger partial charge in [0.2, 0.25) is 5.91 Å². The number of piperidine rings is 1. The standard InChI is InChI=1S/C16H23ClN2O2/c1-19(16(20)11-13-5-4-8-18-12-13)9-10-21-15-7-3-2-6-14(15)17/h2-3,6-7,13,18H,4-5,8-12H2,1H3. The van der Waals surface area contributed by atoms with Gasteiger partial charge in [-0.3, -0.25) is 4.79 Å². The molecular weight excluding hydrogens is 288 g/mol. The first kappa shape index (κ1) is 16.1. The summed E-state index contributed by atoms with van der Waals surface area (Å²) in [6.45, 7) is 3.06. The first-order valence-electron chi connectivity index (χ1n) is 7.49. The number of rotatable bonds is 6. The van der Waals surface area contributed by atoms with Crippen molar-refractivity contribution >= 4 is 17.5 Å². The number of hydrogen-bond acceptors (Lipinski definition) is 3. The fourth-order valence-electron chi connectivity index (χ4n) is 2.48. The maximum Gasteiger partial charge on any atom is 0.222 e. The zero-order valence-corrected chi connectivity index (χ0v) is 13.2. The Balaban J connectivity index is 1.70. The van der Waals surface area contributed by atoms with E-state index < -0.39 is 0 Å². The summed E-state index contributed by atoms with van der Waals surface area (Å²) in [6, 6.07) is 7.37. The van der Waals surface area contributed by atoms with E-state index in [0.717, 1.165) is 25.9 Å². The molecule has 0 bridgehead atoms. The zero-order chi connectivity index (χ0) is 15.1. The van der Waals surface area contributed by atoms with Gasteiger partial charge in [-0.2, -0.15) is 0 Å². The molecule has 1 heterocycles. The van der Waals surface area contributed by atoms with E-state index in [9.17, 15) is 4.79 Å². The van der Waals surface area contributed by atoms with Gasteiger partial charge in [0.15, 0.2) is 0 Å². The smallest absolute Gasteiger partial charge is 0.222 e. The summed E-state index contributed by atoms with van der Waals surface area (Å²) in [4.78, 5) is 13.9. The summed E-state index contributed by atoms with van der Waals surface area (Å²) >= 11 is 6.02. The highest BCUT2D eigenvalue weighted by atomic mass is 35.5. The molecular formula is C16H23ClN2O2. The summed E-state index contributed by atoms with van der Waals surface area (Å²) in [6.07, 6.45) is 2.93. The molecule has 1 fully saturated rings. The van der Waals surface area contributed by atoms with Crippen LogP contribution in [0, 0.1) is 5.92 Å². The molecule has 4 nitrogen and oxygen atoms in total. The Morgan fingerprint density at radius 1 is 1.48 bits per heavy atom. The van der Waals surface area contributed by atoms with Crippen LogP contribution in [0.3, 0.4) is 0 Å². The number of nitrogens with one attached hydrogen (secondary N) is 1. The molecule has 0 radical (unpaired) electrons. The van der Waals surface area contributed by atoms with Crippen molar-refractivity contribution in [2.75, 3.05) is 33.3 Å². The molecule has 1 aromatic carbocycles. The van der Waals surface area contributed by atoms with Gasteiger partial charge in [-0.25, -0.2) is 0 Å². The molecule has 1 amide bonds. The van der Waals surface area contributed by atoms with Gasteiger partial charge in [0.05, 0.1) is 11.6 Å². The third-order valence-electron chi connectivity index (χ3n) is 3.81. The van der Waals surface area contributed by atoms with Gasteiger partial charge >= 0.3 is 0 Å². The fourth-order valence-corrected chi connectivity index (χ4v) is 2.67. The number of likely N-dealkylation sites (N-methyl/N-ethyl adjacent to an activating group) is 1. The van der Waals surface area contributed by atoms with Crippen molar-refractivity contribution in [3.05, 3.63) is 29.3 Å². The highest BCUT2D eigenvalue weighted by molar-refractivity contribution is 6.32. The number of amides is 1. The first-order valence-corrected chi connectivity index (χ1v) is 7.86. The van der Waals surface area contributed by atoms with E-state index in [2.05, 4.69) is 5.32 Å². The van der Waals surface area contributed by atoms with Gasteiger partial charge in [-0.15, -0.1) is 0 Å². The number of benzene rings is 1. The molecule has 0 aromatic heterocycles. The van der Waals surface area contributed by atoms with Gasteiger partial charge in [-0.05, 0) is 44.0 Å². The molecule has 116 valence electrons. The molecule has 1 atom stereocenters. The second kappa shape index (κ2) is 8.25.